The number of benzene rings is 9. The lowest BCUT2D eigenvalue weighted by atomic mass is 9.92. The quantitative estimate of drug-likeness (QED) is 0.183. The van der Waals surface area contributed by atoms with Gasteiger partial charge in [-0.05, 0) is 93.5 Å². The van der Waals surface area contributed by atoms with Gasteiger partial charge in [0.25, 0.3) is 0 Å². The number of aromatic nitrogens is 2. The zero-order chi connectivity index (χ0) is 34.6. The van der Waals surface area contributed by atoms with E-state index in [-0.39, 0.29) is 0 Å². The Morgan fingerprint density at radius 2 is 1.00 bits per heavy atom. The summed E-state index contributed by atoms with van der Waals surface area (Å²) in [4.78, 5) is 0. The fourth-order valence-electron chi connectivity index (χ4n) is 8.93. The molecule has 3 heteroatoms. The van der Waals surface area contributed by atoms with Crippen LogP contribution in [0.5, 0.6) is 11.5 Å². The molecule has 3 nitrogen and oxygen atoms in total. The Balaban J connectivity index is 1.09. The van der Waals surface area contributed by atoms with Gasteiger partial charge in [0.2, 0.25) is 0 Å². The van der Waals surface area contributed by atoms with Gasteiger partial charge in [-0.2, -0.15) is 0 Å². The Hall–Kier alpha value is -7.10. The number of fused-ring (bicyclic) bond motifs is 10. The van der Waals surface area contributed by atoms with Crippen molar-refractivity contribution < 1.29 is 4.74 Å². The molecule has 2 aromatic heterocycles. The molecule has 0 unspecified atom stereocenters. The minimum atomic E-state index is 0.863. The number of para-hydroxylation sites is 2. The van der Waals surface area contributed by atoms with E-state index in [9.17, 15) is 0 Å². The monoisotopic (exact) mass is 674 g/mol. The molecule has 9 aromatic carbocycles. The summed E-state index contributed by atoms with van der Waals surface area (Å²) in [5, 5.41) is 9.79. The zero-order valence-electron chi connectivity index (χ0n) is 28.6. The average Bonchev–Trinajstić information content (AvgIpc) is 3.73. The molecule has 0 spiro atoms. The van der Waals surface area contributed by atoms with Gasteiger partial charge in [0, 0.05) is 49.9 Å². The second-order valence-electron chi connectivity index (χ2n) is 14.1. The Labute approximate surface area is 305 Å². The van der Waals surface area contributed by atoms with Gasteiger partial charge in [0.1, 0.15) is 11.5 Å². The fourth-order valence-corrected chi connectivity index (χ4v) is 8.93. The average molecular weight is 675 g/mol. The molecule has 0 amide bonds. The molecule has 0 fully saturated rings. The summed E-state index contributed by atoms with van der Waals surface area (Å²) in [6.07, 6.45) is 0. The van der Waals surface area contributed by atoms with Crippen molar-refractivity contribution in [2.45, 2.75) is 0 Å². The molecule has 0 radical (unpaired) electrons. The molecule has 3 heterocycles. The van der Waals surface area contributed by atoms with E-state index in [1.165, 1.54) is 76.5 Å². The van der Waals surface area contributed by atoms with E-state index >= 15 is 0 Å². The summed E-state index contributed by atoms with van der Waals surface area (Å²) < 4.78 is 11.7. The lowest BCUT2D eigenvalue weighted by Gasteiger charge is -2.23. The van der Waals surface area contributed by atoms with Gasteiger partial charge in [-0.3, -0.25) is 0 Å². The van der Waals surface area contributed by atoms with Crippen molar-refractivity contribution in [3.8, 4) is 45.1 Å². The Morgan fingerprint density at radius 1 is 0.321 bits per heavy atom. The normalized spacial score (nSPS) is 12.3. The molecule has 1 aliphatic rings. The van der Waals surface area contributed by atoms with E-state index in [0.717, 1.165) is 33.8 Å². The molecule has 0 aliphatic carbocycles. The minimum Gasteiger partial charge on any atom is -0.456 e. The summed E-state index contributed by atoms with van der Waals surface area (Å²) >= 11 is 0. The maximum atomic E-state index is 6.87. The molecule has 1 aliphatic heterocycles. The van der Waals surface area contributed by atoms with Gasteiger partial charge >= 0.3 is 0 Å². The van der Waals surface area contributed by atoms with E-state index in [0.29, 0.717) is 0 Å². The largest absolute Gasteiger partial charge is 0.456 e. The van der Waals surface area contributed by atoms with Crippen LogP contribution in [0.2, 0.25) is 0 Å². The van der Waals surface area contributed by atoms with Gasteiger partial charge < -0.3 is 13.9 Å². The van der Waals surface area contributed by atoms with Crippen molar-refractivity contribution in [2.24, 2.45) is 0 Å². The third kappa shape index (κ3) is 4.05. The van der Waals surface area contributed by atoms with Crippen LogP contribution in [0.3, 0.4) is 0 Å². The van der Waals surface area contributed by atoms with Crippen LogP contribution in [0.1, 0.15) is 0 Å². The molecule has 246 valence electrons. The maximum absolute atomic E-state index is 6.87. The van der Waals surface area contributed by atoms with E-state index < -0.39 is 0 Å². The number of hydrogen-bond acceptors (Lipinski definition) is 1. The van der Waals surface area contributed by atoms with Gasteiger partial charge in [0.15, 0.2) is 0 Å². The van der Waals surface area contributed by atoms with Gasteiger partial charge in [0.05, 0.1) is 22.1 Å². The minimum absolute atomic E-state index is 0.863. The van der Waals surface area contributed by atoms with Crippen molar-refractivity contribution in [1.29, 1.82) is 0 Å². The van der Waals surface area contributed by atoms with Crippen molar-refractivity contribution in [2.75, 3.05) is 0 Å². The zero-order valence-corrected chi connectivity index (χ0v) is 28.6. The molecule has 0 saturated carbocycles. The summed E-state index contributed by atoms with van der Waals surface area (Å²) in [5.74, 6) is 1.75. The smallest absolute Gasteiger partial charge is 0.137 e. The highest BCUT2D eigenvalue weighted by atomic mass is 16.5. The molecule has 0 atom stereocenters. The van der Waals surface area contributed by atoms with Crippen LogP contribution in [0.25, 0.3) is 98.8 Å². The number of nitrogens with zero attached hydrogens (tertiary/aromatic N) is 2. The number of rotatable bonds is 3. The standard InChI is InChI=1S/C50H30N2O/c1-2-11-31(12-3-1)34-22-26-45-41(28-34)37-15-6-8-18-43(37)51(45)36-24-25-38-42-30-46-49(40-17-10-20-47(50(40)42)53-48(38)29-36)39-16-7-9-19-44(39)52(46)35-23-21-32-13-4-5-14-33(32)27-35/h1-30H. The van der Waals surface area contributed by atoms with E-state index in [2.05, 4.69) is 191 Å². The van der Waals surface area contributed by atoms with Crippen molar-refractivity contribution in [3.63, 3.8) is 0 Å². The van der Waals surface area contributed by atoms with Gasteiger partial charge in [-0.1, -0.05) is 115 Å². The first-order valence-electron chi connectivity index (χ1n) is 18.2. The Bertz CT molecular complexity index is 3310. The van der Waals surface area contributed by atoms with Crippen LogP contribution in [0, 0.1) is 0 Å². The molecule has 0 N–H and O–H groups in total. The van der Waals surface area contributed by atoms with Crippen molar-refractivity contribution in [3.05, 3.63) is 182 Å². The SMILES string of the molecule is c1ccc(-c2ccc3c(c2)c2ccccc2n3-c2ccc3c(c2)Oc2cccc4c2c-3cc2c4c3ccccc3n2-c2ccc3ccccc3c2)cc1. The van der Waals surface area contributed by atoms with E-state index in [1.54, 1.807) is 0 Å². The molecule has 12 rings (SSSR count). The predicted octanol–water partition coefficient (Wildman–Crippen LogP) is 13.6. The Kier molecular flexibility index (Phi) is 5.77. The third-order valence-corrected chi connectivity index (χ3v) is 11.3. The maximum Gasteiger partial charge on any atom is 0.137 e. The lowest BCUT2D eigenvalue weighted by Crippen LogP contribution is -2.01. The fraction of sp³-hybridized carbons (Fsp3) is 0. The summed E-state index contributed by atoms with van der Waals surface area (Å²) in [7, 11) is 0. The molecular weight excluding hydrogens is 645 g/mol. The summed E-state index contributed by atoms with van der Waals surface area (Å²) in [6, 6.07) is 65.9. The highest BCUT2D eigenvalue weighted by molar-refractivity contribution is 6.26. The van der Waals surface area contributed by atoms with Crippen LogP contribution in [0.15, 0.2) is 182 Å². The highest BCUT2D eigenvalue weighted by Crippen LogP contribution is 2.51. The van der Waals surface area contributed by atoms with E-state index in [1.807, 2.05) is 0 Å². The summed E-state index contributed by atoms with van der Waals surface area (Å²) in [6.45, 7) is 0. The number of hydrogen-bond donors (Lipinski definition) is 0. The van der Waals surface area contributed by atoms with Gasteiger partial charge in [-0.25, -0.2) is 0 Å². The Morgan fingerprint density at radius 3 is 1.89 bits per heavy atom. The number of ether oxygens (including phenoxy) is 1. The summed E-state index contributed by atoms with van der Waals surface area (Å²) in [5.41, 5.74) is 11.7. The first kappa shape index (κ1) is 28.6. The van der Waals surface area contributed by atoms with Crippen LogP contribution in [0.4, 0.5) is 0 Å². The van der Waals surface area contributed by atoms with Crippen LogP contribution >= 0.6 is 0 Å². The topological polar surface area (TPSA) is 19.1 Å². The van der Waals surface area contributed by atoms with Crippen LogP contribution < -0.4 is 4.74 Å². The second kappa shape index (κ2) is 10.7. The first-order chi connectivity index (χ1) is 26.3. The third-order valence-electron chi connectivity index (χ3n) is 11.3. The van der Waals surface area contributed by atoms with Crippen molar-refractivity contribution >= 4 is 65.2 Å². The van der Waals surface area contributed by atoms with Crippen LogP contribution in [-0.4, -0.2) is 9.13 Å². The van der Waals surface area contributed by atoms with E-state index in [4.69, 9.17) is 4.74 Å². The highest BCUT2D eigenvalue weighted by Gasteiger charge is 2.26. The van der Waals surface area contributed by atoms with Gasteiger partial charge in [-0.15, -0.1) is 0 Å². The second-order valence-corrected chi connectivity index (χ2v) is 14.1. The van der Waals surface area contributed by atoms with Crippen LogP contribution in [-0.2, 0) is 0 Å². The lowest BCUT2D eigenvalue weighted by molar-refractivity contribution is 0.487. The van der Waals surface area contributed by atoms with Crippen molar-refractivity contribution in [1.82, 2.24) is 9.13 Å². The first-order valence-corrected chi connectivity index (χ1v) is 18.2. The molecule has 0 bridgehead atoms. The molecule has 0 saturated heterocycles. The molecular formula is C50H30N2O. The molecule has 11 aromatic rings. The predicted molar refractivity (Wildman–Crippen MR) is 221 cm³/mol. The molecule has 53 heavy (non-hydrogen) atoms.